The van der Waals surface area contributed by atoms with E-state index in [1.807, 2.05) is 25.1 Å². The van der Waals surface area contributed by atoms with E-state index in [2.05, 4.69) is 27.6 Å². The summed E-state index contributed by atoms with van der Waals surface area (Å²) in [5.74, 6) is 0.456. The molecular formula is C35H37FN4O5. The minimum Gasteiger partial charge on any atom is -0.493 e. The van der Waals surface area contributed by atoms with E-state index >= 15 is 4.39 Å². The van der Waals surface area contributed by atoms with E-state index in [0.29, 0.717) is 59.2 Å². The monoisotopic (exact) mass is 612 g/mol. The Kier molecular flexibility index (Phi) is 8.58. The van der Waals surface area contributed by atoms with E-state index < -0.39 is 17.1 Å². The van der Waals surface area contributed by atoms with E-state index in [4.69, 9.17) is 14.2 Å². The van der Waals surface area contributed by atoms with Gasteiger partial charge in [0.15, 0.2) is 23.1 Å². The molecule has 9 nitrogen and oxygen atoms in total. The van der Waals surface area contributed by atoms with Crippen LogP contribution in [0.3, 0.4) is 0 Å². The van der Waals surface area contributed by atoms with Gasteiger partial charge >= 0.3 is 0 Å². The van der Waals surface area contributed by atoms with Crippen molar-refractivity contribution in [2.24, 2.45) is 11.3 Å². The van der Waals surface area contributed by atoms with Crippen LogP contribution in [0, 0.1) is 24.1 Å². The molecule has 1 saturated heterocycles. The Balaban J connectivity index is 1.13. The van der Waals surface area contributed by atoms with E-state index in [-0.39, 0.29) is 17.3 Å². The maximum Gasteiger partial charge on any atom is 0.240 e. The molecule has 1 aliphatic carbocycles. The SMILES string of the molecule is COc1cc2c(Oc3ccc(NC(=O)C4(C(=O)Nc5ccc(C)cc5)CC4)cc3F)ccnc2cc1OCC1CCN(C)CC1. The molecule has 6 rings (SSSR count). The summed E-state index contributed by atoms with van der Waals surface area (Å²) in [6.45, 7) is 4.66. The zero-order chi connectivity index (χ0) is 31.6. The van der Waals surface area contributed by atoms with Crippen LogP contribution in [0.2, 0.25) is 0 Å². The predicted octanol–water partition coefficient (Wildman–Crippen LogP) is 6.56. The van der Waals surface area contributed by atoms with Crippen LogP contribution < -0.4 is 24.8 Å². The Morgan fingerprint density at radius 1 is 0.911 bits per heavy atom. The Morgan fingerprint density at radius 2 is 1.60 bits per heavy atom. The minimum absolute atomic E-state index is 0.0275. The number of benzene rings is 3. The molecule has 0 atom stereocenters. The van der Waals surface area contributed by atoms with Crippen LogP contribution in [0.1, 0.15) is 31.2 Å². The van der Waals surface area contributed by atoms with Crippen molar-refractivity contribution in [2.45, 2.75) is 32.6 Å². The lowest BCUT2D eigenvalue weighted by Crippen LogP contribution is -2.35. The molecule has 2 heterocycles. The molecule has 0 unspecified atom stereocenters. The summed E-state index contributed by atoms with van der Waals surface area (Å²) < 4.78 is 33.0. The first-order valence-corrected chi connectivity index (χ1v) is 15.2. The normalized spacial score (nSPS) is 16.2. The zero-order valence-corrected chi connectivity index (χ0v) is 25.7. The lowest BCUT2D eigenvalue weighted by Gasteiger charge is -2.28. The van der Waals surface area contributed by atoms with E-state index in [1.165, 1.54) is 12.1 Å². The lowest BCUT2D eigenvalue weighted by atomic mass is 9.98. The highest BCUT2D eigenvalue weighted by atomic mass is 19.1. The van der Waals surface area contributed by atoms with E-state index in [9.17, 15) is 9.59 Å². The van der Waals surface area contributed by atoms with Crippen LogP contribution in [-0.4, -0.2) is 55.6 Å². The summed E-state index contributed by atoms with van der Waals surface area (Å²) in [5, 5.41) is 6.15. The van der Waals surface area contributed by atoms with Crippen LogP contribution >= 0.6 is 0 Å². The van der Waals surface area contributed by atoms with Gasteiger partial charge in [-0.1, -0.05) is 17.7 Å². The number of piperidine rings is 1. The molecule has 1 saturated carbocycles. The summed E-state index contributed by atoms with van der Waals surface area (Å²) >= 11 is 0. The Morgan fingerprint density at radius 3 is 2.27 bits per heavy atom. The molecule has 2 N–H and O–H groups in total. The first-order chi connectivity index (χ1) is 21.7. The number of rotatable bonds is 10. The van der Waals surface area contributed by atoms with E-state index in [1.54, 1.807) is 43.6 Å². The Bertz CT molecular complexity index is 1720. The number of amides is 2. The summed E-state index contributed by atoms with van der Waals surface area (Å²) in [4.78, 5) is 32.8. The van der Waals surface area contributed by atoms with Crippen molar-refractivity contribution >= 4 is 34.1 Å². The number of nitrogens with one attached hydrogen (secondary N) is 2. The second-order valence-corrected chi connectivity index (χ2v) is 12.0. The van der Waals surface area contributed by atoms with Gasteiger partial charge in [-0.2, -0.15) is 0 Å². The number of hydrogen-bond acceptors (Lipinski definition) is 7. The van der Waals surface area contributed by atoms with Crippen molar-refractivity contribution in [1.29, 1.82) is 0 Å². The van der Waals surface area contributed by atoms with Crippen molar-refractivity contribution in [2.75, 3.05) is 44.5 Å². The summed E-state index contributed by atoms with van der Waals surface area (Å²) in [6.07, 6.45) is 4.60. The van der Waals surface area contributed by atoms with Gasteiger partial charge in [0.1, 0.15) is 11.2 Å². The molecule has 0 spiro atoms. The number of carbonyl (C=O) groups excluding carboxylic acids is 2. The first-order valence-electron chi connectivity index (χ1n) is 15.2. The number of aromatic nitrogens is 1. The molecule has 4 aromatic rings. The molecular weight excluding hydrogens is 575 g/mol. The number of aryl methyl sites for hydroxylation is 1. The topological polar surface area (TPSA) is 102 Å². The van der Waals surface area contributed by atoms with Gasteiger partial charge in [0.05, 0.1) is 19.2 Å². The molecule has 2 fully saturated rings. The smallest absolute Gasteiger partial charge is 0.240 e. The maximum absolute atomic E-state index is 15.3. The van der Waals surface area contributed by atoms with Gasteiger partial charge in [-0.25, -0.2) is 4.39 Å². The van der Waals surface area contributed by atoms with Crippen molar-refractivity contribution < 1.29 is 28.2 Å². The molecule has 10 heteroatoms. The van der Waals surface area contributed by atoms with Crippen LogP contribution in [0.15, 0.2) is 66.9 Å². The number of hydrogen-bond donors (Lipinski definition) is 2. The fourth-order valence-corrected chi connectivity index (χ4v) is 5.53. The highest BCUT2D eigenvalue weighted by Crippen LogP contribution is 2.47. The average Bonchev–Trinajstić information content (AvgIpc) is 3.85. The number of nitrogens with zero attached hydrogens (tertiary/aromatic N) is 2. The minimum atomic E-state index is -1.18. The highest BCUT2D eigenvalue weighted by Gasteiger charge is 2.56. The number of pyridine rings is 1. The van der Waals surface area contributed by atoms with Crippen molar-refractivity contribution in [3.05, 3.63) is 78.2 Å². The van der Waals surface area contributed by atoms with Crippen LogP contribution in [0.4, 0.5) is 15.8 Å². The van der Waals surface area contributed by atoms with Crippen LogP contribution in [0.25, 0.3) is 10.9 Å². The quantitative estimate of drug-likeness (QED) is 0.196. The van der Waals surface area contributed by atoms with Crippen molar-refractivity contribution in [3.8, 4) is 23.0 Å². The number of carbonyl (C=O) groups is 2. The largest absolute Gasteiger partial charge is 0.493 e. The van der Waals surface area contributed by atoms with E-state index in [0.717, 1.165) is 31.5 Å². The van der Waals surface area contributed by atoms with Gasteiger partial charge in [0, 0.05) is 35.1 Å². The van der Waals surface area contributed by atoms with Crippen LogP contribution in [0.5, 0.6) is 23.0 Å². The molecule has 0 bridgehead atoms. The number of likely N-dealkylation sites (tertiary alicyclic amines) is 1. The summed E-state index contributed by atoms with van der Waals surface area (Å²) in [6, 6.07) is 16.8. The van der Waals surface area contributed by atoms with Crippen molar-refractivity contribution in [1.82, 2.24) is 9.88 Å². The van der Waals surface area contributed by atoms with Crippen LogP contribution in [-0.2, 0) is 9.59 Å². The Hall–Kier alpha value is -4.70. The molecule has 3 aromatic carbocycles. The average molecular weight is 613 g/mol. The van der Waals surface area contributed by atoms with Gasteiger partial charge in [0.2, 0.25) is 11.8 Å². The maximum atomic E-state index is 15.3. The molecule has 234 valence electrons. The standard InChI is InChI=1S/C35H37FN4O5/c1-22-4-6-24(7-5-22)38-33(41)35(13-14-35)34(42)39-25-8-9-30(27(36)18-25)45-29-10-15-37-28-20-32(31(43-3)19-26(28)29)44-21-23-11-16-40(2)17-12-23/h4-10,15,18-20,23H,11-14,16-17,21H2,1-3H3,(H,38,41)(H,39,42). The molecule has 0 radical (unpaired) electrons. The number of methoxy groups -OCH3 is 1. The van der Waals surface area contributed by atoms with Gasteiger partial charge in [-0.3, -0.25) is 14.6 Å². The highest BCUT2D eigenvalue weighted by molar-refractivity contribution is 6.16. The molecule has 2 amide bonds. The second-order valence-electron chi connectivity index (χ2n) is 12.0. The third kappa shape index (κ3) is 6.71. The fourth-order valence-electron chi connectivity index (χ4n) is 5.53. The Labute approximate surface area is 261 Å². The zero-order valence-electron chi connectivity index (χ0n) is 25.7. The van der Waals surface area contributed by atoms with Gasteiger partial charge in [0.25, 0.3) is 0 Å². The third-order valence-corrected chi connectivity index (χ3v) is 8.64. The lowest BCUT2D eigenvalue weighted by molar-refractivity contribution is -0.131. The van der Waals surface area contributed by atoms with Gasteiger partial charge in [-0.05, 0) is 95.1 Å². The molecule has 1 aliphatic heterocycles. The molecule has 2 aliphatic rings. The van der Waals surface area contributed by atoms with Gasteiger partial charge in [-0.15, -0.1) is 0 Å². The summed E-state index contributed by atoms with van der Waals surface area (Å²) in [7, 11) is 3.71. The summed E-state index contributed by atoms with van der Waals surface area (Å²) in [5.41, 5.74) is 1.35. The number of anilines is 2. The van der Waals surface area contributed by atoms with Crippen molar-refractivity contribution in [3.63, 3.8) is 0 Å². The molecule has 1 aromatic heterocycles. The number of ether oxygens (including phenoxy) is 3. The number of halogens is 1. The number of fused-ring (bicyclic) bond motifs is 1. The fraction of sp³-hybridized carbons (Fsp3) is 0.343. The predicted molar refractivity (Wildman–Crippen MR) is 171 cm³/mol. The molecule has 45 heavy (non-hydrogen) atoms. The first kappa shape index (κ1) is 30.3. The van der Waals surface area contributed by atoms with Gasteiger partial charge < -0.3 is 29.7 Å². The second kappa shape index (κ2) is 12.7. The third-order valence-electron chi connectivity index (χ3n) is 8.64.